The van der Waals surface area contributed by atoms with E-state index in [1.165, 1.54) is 33.4 Å². The first kappa shape index (κ1) is 34.9. The molecule has 2 aliphatic rings. The molecule has 0 saturated carbocycles. The third-order valence-corrected chi connectivity index (χ3v) is 12.1. The molecule has 0 bridgehead atoms. The van der Waals surface area contributed by atoms with Gasteiger partial charge in [0.2, 0.25) is 0 Å². The maximum absolute atomic E-state index is 7.01. The smallest absolute Gasteiger partial charge is 0.145 e. The van der Waals surface area contributed by atoms with Crippen molar-refractivity contribution >= 4 is 62.0 Å². The number of hydrogen-bond acceptors (Lipinski definition) is 3. The first-order chi connectivity index (χ1) is 29.2. The molecule has 1 atom stereocenters. The second kappa shape index (κ2) is 14.5. The monoisotopic (exact) mass is 759 g/mol. The predicted octanol–water partition coefficient (Wildman–Crippen LogP) is 15.5. The lowest BCUT2D eigenvalue weighted by atomic mass is 9.93. The fourth-order valence-electron chi connectivity index (χ4n) is 9.15. The summed E-state index contributed by atoms with van der Waals surface area (Å²) in [6, 6.07) is 56.4. The Kier molecular flexibility index (Phi) is 8.59. The first-order valence-corrected chi connectivity index (χ1v) is 20.5. The molecule has 0 amide bonds. The van der Waals surface area contributed by atoms with Gasteiger partial charge in [0.1, 0.15) is 22.5 Å². The molecule has 2 heterocycles. The van der Waals surface area contributed by atoms with Crippen LogP contribution in [0.5, 0.6) is 0 Å². The van der Waals surface area contributed by atoms with Crippen molar-refractivity contribution in [3.63, 3.8) is 0 Å². The summed E-state index contributed by atoms with van der Waals surface area (Å²) in [7, 11) is 0. The largest absolute Gasteiger partial charge is 0.460 e. The molecule has 3 nitrogen and oxygen atoms in total. The maximum atomic E-state index is 7.01. The fourth-order valence-corrected chi connectivity index (χ4v) is 9.15. The van der Waals surface area contributed by atoms with E-state index in [9.17, 15) is 0 Å². The number of furan rings is 2. The van der Waals surface area contributed by atoms with Gasteiger partial charge in [0.25, 0.3) is 0 Å². The van der Waals surface area contributed by atoms with Gasteiger partial charge in [0, 0.05) is 34.0 Å². The van der Waals surface area contributed by atoms with Crippen LogP contribution in [-0.2, 0) is 6.42 Å². The standard InChI is InChI=1S/C56H41NO2/c1-2-37-13-9-10-18-46(37)42-23-21-39(22-24-42)40-25-28-44(29-26-40)57(45-30-32-49-48-19-11-12-20-52(48)58-54(49)36-45)51-34-33-47(41-16-7-4-8-17-41)56-55(51)50-31-27-43(35-53(50)59-56)38-14-5-3-6-15-38/h2-7,9-16,18-35,45H,1,8,17,36H2. The Labute approximate surface area is 344 Å². The molecule has 9 aromatic rings. The van der Waals surface area contributed by atoms with Gasteiger partial charge in [-0.3, -0.25) is 0 Å². The molecule has 1 unspecified atom stereocenters. The Balaban J connectivity index is 1.06. The lowest BCUT2D eigenvalue weighted by Crippen LogP contribution is -2.32. The lowest BCUT2D eigenvalue weighted by molar-refractivity contribution is 0.529. The van der Waals surface area contributed by atoms with Crippen molar-refractivity contribution in [3.8, 4) is 33.4 Å². The molecule has 282 valence electrons. The number of para-hydroxylation sites is 1. The number of rotatable bonds is 8. The Morgan fingerprint density at radius 2 is 1.34 bits per heavy atom. The van der Waals surface area contributed by atoms with Gasteiger partial charge >= 0.3 is 0 Å². The Morgan fingerprint density at radius 1 is 0.610 bits per heavy atom. The molecule has 0 saturated heterocycles. The van der Waals surface area contributed by atoms with Gasteiger partial charge in [-0.2, -0.15) is 0 Å². The summed E-state index contributed by atoms with van der Waals surface area (Å²) in [4.78, 5) is 2.49. The summed E-state index contributed by atoms with van der Waals surface area (Å²) < 4.78 is 13.6. The van der Waals surface area contributed by atoms with Gasteiger partial charge in [-0.15, -0.1) is 0 Å². The zero-order valence-electron chi connectivity index (χ0n) is 32.6. The van der Waals surface area contributed by atoms with Crippen LogP contribution in [0.2, 0.25) is 0 Å². The Bertz CT molecular complexity index is 3140. The summed E-state index contributed by atoms with van der Waals surface area (Å²) in [5.41, 5.74) is 16.7. The van der Waals surface area contributed by atoms with Crippen molar-refractivity contribution in [2.75, 3.05) is 4.90 Å². The second-order valence-corrected chi connectivity index (χ2v) is 15.5. The number of hydrogen-bond donors (Lipinski definition) is 0. The summed E-state index contributed by atoms with van der Waals surface area (Å²) in [6.45, 7) is 4.03. The summed E-state index contributed by atoms with van der Waals surface area (Å²) in [5, 5.41) is 3.38. The van der Waals surface area contributed by atoms with Crippen LogP contribution in [-0.4, -0.2) is 6.04 Å². The van der Waals surface area contributed by atoms with Crippen molar-refractivity contribution in [3.05, 3.63) is 211 Å². The molecule has 3 heteroatoms. The maximum Gasteiger partial charge on any atom is 0.145 e. The van der Waals surface area contributed by atoms with Crippen LogP contribution in [0.3, 0.4) is 0 Å². The van der Waals surface area contributed by atoms with Gasteiger partial charge < -0.3 is 13.7 Å². The van der Waals surface area contributed by atoms with Crippen molar-refractivity contribution in [2.45, 2.75) is 25.3 Å². The fraction of sp³-hybridized carbons (Fsp3) is 0.0714. The van der Waals surface area contributed by atoms with E-state index >= 15 is 0 Å². The zero-order valence-corrected chi connectivity index (χ0v) is 32.6. The molecular weight excluding hydrogens is 719 g/mol. The number of benzene rings is 7. The van der Waals surface area contributed by atoms with E-state index in [-0.39, 0.29) is 6.04 Å². The van der Waals surface area contributed by atoms with Crippen LogP contribution in [0, 0.1) is 0 Å². The molecule has 0 spiro atoms. The summed E-state index contributed by atoms with van der Waals surface area (Å²) in [6.07, 6.45) is 15.9. The lowest BCUT2D eigenvalue weighted by Gasteiger charge is -2.34. The highest BCUT2D eigenvalue weighted by Crippen LogP contribution is 2.46. The van der Waals surface area contributed by atoms with Crippen molar-refractivity contribution in [1.29, 1.82) is 0 Å². The van der Waals surface area contributed by atoms with E-state index in [0.29, 0.717) is 0 Å². The van der Waals surface area contributed by atoms with E-state index in [4.69, 9.17) is 8.83 Å². The molecule has 7 aromatic carbocycles. The van der Waals surface area contributed by atoms with E-state index in [1.807, 2.05) is 12.1 Å². The molecular formula is C56H41NO2. The number of fused-ring (bicyclic) bond motifs is 6. The highest BCUT2D eigenvalue weighted by molar-refractivity contribution is 6.16. The molecule has 0 radical (unpaired) electrons. The minimum atomic E-state index is -0.0162. The van der Waals surface area contributed by atoms with Crippen LogP contribution in [0.25, 0.3) is 84.0 Å². The molecule has 0 fully saturated rings. The molecule has 0 N–H and O–H groups in total. The minimum Gasteiger partial charge on any atom is -0.460 e. The van der Waals surface area contributed by atoms with Crippen molar-refractivity contribution in [1.82, 2.24) is 0 Å². The number of nitrogens with zero attached hydrogens (tertiary/aromatic N) is 1. The van der Waals surface area contributed by atoms with Crippen LogP contribution in [0.4, 0.5) is 11.4 Å². The molecule has 0 aliphatic heterocycles. The highest BCUT2D eigenvalue weighted by Gasteiger charge is 2.29. The number of anilines is 2. The van der Waals surface area contributed by atoms with Crippen LogP contribution >= 0.6 is 0 Å². The van der Waals surface area contributed by atoms with Crippen LogP contribution < -0.4 is 4.90 Å². The number of allylic oxidation sites excluding steroid dienone is 4. The third-order valence-electron chi connectivity index (χ3n) is 12.1. The topological polar surface area (TPSA) is 29.5 Å². The van der Waals surface area contributed by atoms with E-state index in [0.717, 1.165) is 91.6 Å². The van der Waals surface area contributed by atoms with E-state index in [2.05, 4.69) is 194 Å². The van der Waals surface area contributed by atoms with Gasteiger partial charge in [-0.1, -0.05) is 158 Å². The summed E-state index contributed by atoms with van der Waals surface area (Å²) in [5.74, 6) is 1.01. The van der Waals surface area contributed by atoms with E-state index < -0.39 is 0 Å². The molecule has 2 aliphatic carbocycles. The molecule has 59 heavy (non-hydrogen) atoms. The zero-order chi connectivity index (χ0) is 39.3. The minimum absolute atomic E-state index is 0.0162. The third kappa shape index (κ3) is 6.14. The van der Waals surface area contributed by atoms with Gasteiger partial charge in [0.15, 0.2) is 0 Å². The average molecular weight is 760 g/mol. The quantitative estimate of drug-likeness (QED) is 0.154. The normalized spacial score (nSPS) is 14.8. The van der Waals surface area contributed by atoms with Gasteiger partial charge in [-0.25, -0.2) is 0 Å². The van der Waals surface area contributed by atoms with Gasteiger partial charge in [-0.05, 0) is 99.8 Å². The first-order valence-electron chi connectivity index (χ1n) is 20.5. The van der Waals surface area contributed by atoms with E-state index in [1.54, 1.807) is 0 Å². The van der Waals surface area contributed by atoms with Crippen LogP contribution in [0.15, 0.2) is 197 Å². The second-order valence-electron chi connectivity index (χ2n) is 15.5. The SMILES string of the molecule is C=Cc1ccccc1-c1ccc(-c2ccc(N(c3ccc(C4=CC=CCC4)c4oc5cc(-c6ccccc6)ccc5c34)C3C=Cc4c(oc5ccccc45)C3)cc2)cc1. The van der Waals surface area contributed by atoms with Crippen molar-refractivity contribution < 1.29 is 8.83 Å². The molecule has 11 rings (SSSR count). The summed E-state index contributed by atoms with van der Waals surface area (Å²) >= 11 is 0. The average Bonchev–Trinajstić information content (AvgIpc) is 3.88. The predicted molar refractivity (Wildman–Crippen MR) is 248 cm³/mol. The van der Waals surface area contributed by atoms with Crippen LogP contribution in [0.1, 0.15) is 35.3 Å². The highest BCUT2D eigenvalue weighted by atomic mass is 16.3. The molecule has 2 aromatic heterocycles. The Morgan fingerprint density at radius 3 is 2.15 bits per heavy atom. The van der Waals surface area contributed by atoms with Gasteiger partial charge in [0.05, 0.1) is 17.1 Å². The Hall–Kier alpha value is -7.36. The van der Waals surface area contributed by atoms with Crippen molar-refractivity contribution in [2.24, 2.45) is 0 Å².